The molecule has 0 N–H and O–H groups in total. The first kappa shape index (κ1) is 14.8. The molecule has 18 heavy (non-hydrogen) atoms. The van der Waals surface area contributed by atoms with E-state index in [9.17, 15) is 16.8 Å². The van der Waals surface area contributed by atoms with Crippen LogP contribution in [0.1, 0.15) is 5.56 Å². The van der Waals surface area contributed by atoms with Crippen molar-refractivity contribution in [1.82, 2.24) is 0 Å². The fourth-order valence-electron chi connectivity index (χ4n) is 1.35. The molecule has 0 unspecified atom stereocenters. The third-order valence-corrected chi connectivity index (χ3v) is 3.70. The Kier molecular flexibility index (Phi) is 3.92. The monoisotopic (exact) mass is 294 g/mol. The van der Waals surface area contributed by atoms with Crippen molar-refractivity contribution >= 4 is 20.0 Å². The van der Waals surface area contributed by atoms with Crippen molar-refractivity contribution in [2.24, 2.45) is 0 Å². The van der Waals surface area contributed by atoms with Crippen LogP contribution in [-0.2, 0) is 20.0 Å². The highest BCUT2D eigenvalue weighted by molar-refractivity contribution is 7.90. The van der Waals surface area contributed by atoms with Gasteiger partial charge >= 0.3 is 10.1 Å². The standard InChI is InChI=1S/C10H14O6S2/c1-7-5-9(15-2)10(17(3,11)12)6-8(7)16-18(4,13)14/h5-6H,1-4H3. The number of benzene rings is 1. The largest absolute Gasteiger partial charge is 0.495 e. The van der Waals surface area contributed by atoms with Crippen LogP contribution in [0.4, 0.5) is 0 Å². The lowest BCUT2D eigenvalue weighted by molar-refractivity contribution is 0.400. The summed E-state index contributed by atoms with van der Waals surface area (Å²) in [5, 5.41) is 0. The van der Waals surface area contributed by atoms with E-state index in [1.807, 2.05) is 0 Å². The Morgan fingerprint density at radius 1 is 1.00 bits per heavy atom. The summed E-state index contributed by atoms with van der Waals surface area (Å²) in [5.74, 6) is 0.120. The SMILES string of the molecule is COc1cc(C)c(OS(C)(=O)=O)cc1S(C)(=O)=O. The van der Waals surface area contributed by atoms with Gasteiger partial charge in [-0.3, -0.25) is 0 Å². The number of hydrogen-bond acceptors (Lipinski definition) is 6. The van der Waals surface area contributed by atoms with Crippen molar-refractivity contribution in [3.05, 3.63) is 17.7 Å². The molecule has 0 aliphatic heterocycles. The van der Waals surface area contributed by atoms with Gasteiger partial charge in [0.2, 0.25) is 0 Å². The van der Waals surface area contributed by atoms with E-state index < -0.39 is 20.0 Å². The van der Waals surface area contributed by atoms with E-state index in [4.69, 9.17) is 8.92 Å². The smallest absolute Gasteiger partial charge is 0.306 e. The fourth-order valence-corrected chi connectivity index (χ4v) is 2.68. The lowest BCUT2D eigenvalue weighted by Crippen LogP contribution is -2.09. The molecule has 0 amide bonds. The number of sulfone groups is 1. The van der Waals surface area contributed by atoms with E-state index in [1.54, 1.807) is 6.92 Å². The minimum absolute atomic E-state index is 0.0290. The van der Waals surface area contributed by atoms with Gasteiger partial charge in [-0.15, -0.1) is 0 Å². The summed E-state index contributed by atoms with van der Waals surface area (Å²) in [7, 11) is -5.92. The van der Waals surface area contributed by atoms with Crippen molar-refractivity contribution in [3.8, 4) is 11.5 Å². The quantitative estimate of drug-likeness (QED) is 0.761. The zero-order valence-corrected chi connectivity index (χ0v) is 12.1. The highest BCUT2D eigenvalue weighted by atomic mass is 32.2. The molecule has 0 fully saturated rings. The van der Waals surface area contributed by atoms with Crippen molar-refractivity contribution in [2.45, 2.75) is 11.8 Å². The van der Waals surface area contributed by atoms with E-state index in [0.717, 1.165) is 18.6 Å². The van der Waals surface area contributed by atoms with Gasteiger partial charge in [-0.2, -0.15) is 8.42 Å². The van der Waals surface area contributed by atoms with Crippen LogP contribution < -0.4 is 8.92 Å². The zero-order chi connectivity index (χ0) is 14.1. The van der Waals surface area contributed by atoms with E-state index in [2.05, 4.69) is 0 Å². The third-order valence-electron chi connectivity index (χ3n) is 2.10. The van der Waals surface area contributed by atoms with Crippen molar-refractivity contribution in [3.63, 3.8) is 0 Å². The second-order valence-corrected chi connectivity index (χ2v) is 7.39. The molecule has 102 valence electrons. The average Bonchev–Trinajstić information content (AvgIpc) is 2.16. The predicted octanol–water partition coefficient (Wildman–Crippen LogP) is 0.746. The minimum Gasteiger partial charge on any atom is -0.495 e. The molecule has 0 saturated carbocycles. The van der Waals surface area contributed by atoms with Gasteiger partial charge in [-0.25, -0.2) is 8.42 Å². The molecule has 0 aromatic heterocycles. The minimum atomic E-state index is -3.72. The first-order valence-electron chi connectivity index (χ1n) is 4.83. The van der Waals surface area contributed by atoms with Gasteiger partial charge in [0.25, 0.3) is 0 Å². The summed E-state index contributed by atoms with van der Waals surface area (Å²) >= 11 is 0. The Morgan fingerprint density at radius 3 is 1.94 bits per heavy atom. The Balaban J connectivity index is 3.49. The molecule has 0 atom stereocenters. The molecule has 0 heterocycles. The zero-order valence-electron chi connectivity index (χ0n) is 10.4. The molecule has 0 spiro atoms. The predicted molar refractivity (Wildman–Crippen MR) is 66.3 cm³/mol. The Hall–Kier alpha value is -1.28. The maximum atomic E-state index is 11.6. The number of methoxy groups -OCH3 is 1. The molecule has 0 aliphatic carbocycles. The van der Waals surface area contributed by atoms with Crippen molar-refractivity contribution < 1.29 is 25.8 Å². The molecular formula is C10H14O6S2. The van der Waals surface area contributed by atoms with Crippen LogP contribution in [0, 0.1) is 6.92 Å². The molecule has 0 bridgehead atoms. The van der Waals surface area contributed by atoms with E-state index in [1.165, 1.54) is 13.2 Å². The molecular weight excluding hydrogens is 280 g/mol. The second-order valence-electron chi connectivity index (χ2n) is 3.83. The number of hydrogen-bond donors (Lipinski definition) is 0. The summed E-state index contributed by atoms with van der Waals surface area (Å²) < 4.78 is 54.9. The topological polar surface area (TPSA) is 86.7 Å². The molecule has 0 aliphatic rings. The third kappa shape index (κ3) is 3.61. The van der Waals surface area contributed by atoms with Gasteiger partial charge in [0.05, 0.1) is 13.4 Å². The first-order chi connectivity index (χ1) is 8.04. The molecule has 8 heteroatoms. The molecule has 1 aromatic rings. The van der Waals surface area contributed by atoms with E-state index in [-0.39, 0.29) is 16.4 Å². The van der Waals surface area contributed by atoms with Gasteiger partial charge in [0.1, 0.15) is 16.4 Å². The summed E-state index contributed by atoms with van der Waals surface area (Å²) in [6.07, 6.45) is 1.89. The maximum absolute atomic E-state index is 11.6. The molecule has 6 nitrogen and oxygen atoms in total. The van der Waals surface area contributed by atoms with Crippen LogP contribution in [0.25, 0.3) is 0 Å². The molecule has 0 radical (unpaired) electrons. The van der Waals surface area contributed by atoms with Crippen LogP contribution in [0.5, 0.6) is 11.5 Å². The summed E-state index contributed by atoms with van der Waals surface area (Å²) in [6, 6.07) is 2.56. The highest BCUT2D eigenvalue weighted by Gasteiger charge is 2.19. The second kappa shape index (κ2) is 4.77. The Labute approximate surface area is 107 Å². The van der Waals surface area contributed by atoms with Gasteiger partial charge < -0.3 is 8.92 Å². The van der Waals surface area contributed by atoms with Gasteiger partial charge in [0.15, 0.2) is 9.84 Å². The van der Waals surface area contributed by atoms with E-state index in [0.29, 0.717) is 5.56 Å². The number of ether oxygens (including phenoxy) is 1. The number of rotatable bonds is 4. The van der Waals surface area contributed by atoms with E-state index >= 15 is 0 Å². The lowest BCUT2D eigenvalue weighted by atomic mass is 10.2. The van der Waals surface area contributed by atoms with Crippen LogP contribution in [0.2, 0.25) is 0 Å². The lowest BCUT2D eigenvalue weighted by Gasteiger charge is -2.12. The molecule has 0 saturated heterocycles. The van der Waals surface area contributed by atoms with Crippen LogP contribution in [0.15, 0.2) is 17.0 Å². The van der Waals surface area contributed by atoms with Crippen LogP contribution in [0.3, 0.4) is 0 Å². The molecule has 1 rings (SSSR count). The van der Waals surface area contributed by atoms with Gasteiger partial charge in [-0.1, -0.05) is 0 Å². The summed E-state index contributed by atoms with van der Waals surface area (Å²) in [6.45, 7) is 1.59. The van der Waals surface area contributed by atoms with Crippen LogP contribution in [-0.4, -0.2) is 36.5 Å². The highest BCUT2D eigenvalue weighted by Crippen LogP contribution is 2.32. The Bertz CT molecular complexity index is 658. The van der Waals surface area contributed by atoms with Crippen molar-refractivity contribution in [1.29, 1.82) is 0 Å². The normalized spacial score (nSPS) is 12.2. The Morgan fingerprint density at radius 2 is 1.56 bits per heavy atom. The summed E-state index contributed by atoms with van der Waals surface area (Å²) in [4.78, 5) is -0.116. The van der Waals surface area contributed by atoms with Crippen LogP contribution >= 0.6 is 0 Å². The first-order valence-corrected chi connectivity index (χ1v) is 8.53. The van der Waals surface area contributed by atoms with Crippen molar-refractivity contribution in [2.75, 3.05) is 19.6 Å². The van der Waals surface area contributed by atoms with Gasteiger partial charge in [-0.05, 0) is 18.6 Å². The summed E-state index contributed by atoms with van der Waals surface area (Å²) in [5.41, 5.74) is 0.463. The molecule has 1 aromatic carbocycles. The average molecular weight is 294 g/mol. The van der Waals surface area contributed by atoms with Gasteiger partial charge in [0, 0.05) is 12.3 Å². The number of aryl methyl sites for hydroxylation is 1. The fraction of sp³-hybridized carbons (Fsp3) is 0.400. The maximum Gasteiger partial charge on any atom is 0.306 e.